The van der Waals surface area contributed by atoms with Crippen LogP contribution < -0.4 is 11.1 Å². The maximum atomic E-state index is 5.84. The molecule has 76 valence electrons. The van der Waals surface area contributed by atoms with Gasteiger partial charge in [0.05, 0.1) is 0 Å². The maximum absolute atomic E-state index is 5.84. The van der Waals surface area contributed by atoms with Crippen LogP contribution >= 0.6 is 0 Å². The van der Waals surface area contributed by atoms with Crippen LogP contribution in [0.15, 0.2) is 18.2 Å². The molecule has 0 amide bonds. The zero-order valence-electron chi connectivity index (χ0n) is 8.72. The molecule has 2 heteroatoms. The van der Waals surface area contributed by atoms with Gasteiger partial charge in [-0.1, -0.05) is 12.1 Å². The van der Waals surface area contributed by atoms with E-state index in [0.29, 0.717) is 0 Å². The second-order valence-corrected chi connectivity index (χ2v) is 4.27. The van der Waals surface area contributed by atoms with Crippen LogP contribution in [0.25, 0.3) is 0 Å². The number of rotatable bonds is 4. The van der Waals surface area contributed by atoms with E-state index in [2.05, 4.69) is 23.5 Å². The van der Waals surface area contributed by atoms with Crippen molar-refractivity contribution in [2.45, 2.75) is 26.3 Å². The molecule has 0 aromatic heterocycles. The zero-order valence-corrected chi connectivity index (χ0v) is 8.72. The lowest BCUT2D eigenvalue weighted by molar-refractivity contribution is 0.639. The number of hydrogen-bond acceptors (Lipinski definition) is 2. The van der Waals surface area contributed by atoms with E-state index in [1.165, 1.54) is 18.4 Å². The number of hydrogen-bond donors (Lipinski definition) is 2. The van der Waals surface area contributed by atoms with E-state index in [1.807, 2.05) is 6.92 Å². The van der Waals surface area contributed by atoms with Crippen LogP contribution in [-0.2, 0) is 6.54 Å². The Labute approximate surface area is 85.5 Å². The van der Waals surface area contributed by atoms with E-state index in [4.69, 9.17) is 5.73 Å². The molecular formula is C12H18N2. The SMILES string of the molecule is Cc1ccc(CNCC2CC2)cc1N. The molecule has 1 fully saturated rings. The Morgan fingerprint density at radius 2 is 2.21 bits per heavy atom. The van der Waals surface area contributed by atoms with Crippen LogP contribution in [0, 0.1) is 12.8 Å². The van der Waals surface area contributed by atoms with Crippen molar-refractivity contribution < 1.29 is 0 Å². The average molecular weight is 190 g/mol. The van der Waals surface area contributed by atoms with Gasteiger partial charge in [-0.05, 0) is 49.4 Å². The Morgan fingerprint density at radius 1 is 1.43 bits per heavy atom. The molecule has 1 aromatic rings. The van der Waals surface area contributed by atoms with Crippen molar-refractivity contribution in [1.29, 1.82) is 0 Å². The summed E-state index contributed by atoms with van der Waals surface area (Å²) in [6.45, 7) is 4.14. The number of anilines is 1. The van der Waals surface area contributed by atoms with E-state index in [1.54, 1.807) is 0 Å². The Morgan fingerprint density at radius 3 is 2.86 bits per heavy atom. The summed E-state index contributed by atoms with van der Waals surface area (Å²) in [5, 5.41) is 3.45. The highest BCUT2D eigenvalue weighted by Gasteiger charge is 2.19. The predicted octanol–water partition coefficient (Wildman–Crippen LogP) is 2.08. The minimum Gasteiger partial charge on any atom is -0.399 e. The molecule has 0 saturated heterocycles. The quantitative estimate of drug-likeness (QED) is 0.713. The summed E-state index contributed by atoms with van der Waals surface area (Å²) in [4.78, 5) is 0. The molecule has 1 aliphatic carbocycles. The van der Waals surface area contributed by atoms with Gasteiger partial charge in [-0.25, -0.2) is 0 Å². The normalized spacial score (nSPS) is 15.8. The molecule has 0 radical (unpaired) electrons. The predicted molar refractivity (Wildman–Crippen MR) is 60.0 cm³/mol. The van der Waals surface area contributed by atoms with Gasteiger partial charge >= 0.3 is 0 Å². The summed E-state index contributed by atoms with van der Waals surface area (Å²) in [7, 11) is 0. The number of aryl methyl sites for hydroxylation is 1. The molecule has 0 bridgehead atoms. The van der Waals surface area contributed by atoms with Crippen LogP contribution in [0.5, 0.6) is 0 Å². The lowest BCUT2D eigenvalue weighted by Crippen LogP contribution is -2.16. The van der Waals surface area contributed by atoms with Gasteiger partial charge in [0, 0.05) is 12.2 Å². The monoisotopic (exact) mass is 190 g/mol. The van der Waals surface area contributed by atoms with Crippen molar-refractivity contribution in [2.24, 2.45) is 5.92 Å². The van der Waals surface area contributed by atoms with Gasteiger partial charge in [-0.3, -0.25) is 0 Å². The lowest BCUT2D eigenvalue weighted by atomic mass is 10.1. The van der Waals surface area contributed by atoms with E-state index in [-0.39, 0.29) is 0 Å². The standard InChI is InChI=1S/C12H18N2/c1-9-2-3-11(6-12(9)13)8-14-7-10-4-5-10/h2-3,6,10,14H,4-5,7-8,13H2,1H3. The summed E-state index contributed by atoms with van der Waals surface area (Å²) in [6, 6.07) is 6.30. The van der Waals surface area contributed by atoms with E-state index in [0.717, 1.165) is 30.3 Å². The smallest absolute Gasteiger partial charge is 0.0346 e. The second kappa shape index (κ2) is 4.01. The first-order valence-electron chi connectivity index (χ1n) is 5.31. The molecule has 0 unspecified atom stereocenters. The molecule has 2 nitrogen and oxygen atoms in total. The van der Waals surface area contributed by atoms with Gasteiger partial charge < -0.3 is 11.1 Å². The van der Waals surface area contributed by atoms with Gasteiger partial charge in [0.2, 0.25) is 0 Å². The molecule has 3 N–H and O–H groups in total. The Balaban J connectivity index is 1.85. The average Bonchev–Trinajstić information content (AvgIpc) is 2.95. The molecule has 0 heterocycles. The van der Waals surface area contributed by atoms with Crippen molar-refractivity contribution in [3.8, 4) is 0 Å². The van der Waals surface area contributed by atoms with Crippen LogP contribution in [0.4, 0.5) is 5.69 Å². The van der Waals surface area contributed by atoms with E-state index < -0.39 is 0 Å². The lowest BCUT2D eigenvalue weighted by Gasteiger charge is -2.06. The highest BCUT2D eigenvalue weighted by molar-refractivity contribution is 5.48. The number of nitrogens with two attached hydrogens (primary N) is 1. The number of nitrogens with one attached hydrogen (secondary N) is 1. The summed E-state index contributed by atoms with van der Waals surface area (Å²) in [6.07, 6.45) is 2.81. The second-order valence-electron chi connectivity index (χ2n) is 4.27. The van der Waals surface area contributed by atoms with E-state index >= 15 is 0 Å². The third kappa shape index (κ3) is 2.48. The van der Waals surface area contributed by atoms with Crippen LogP contribution in [0.2, 0.25) is 0 Å². The summed E-state index contributed by atoms with van der Waals surface area (Å²) < 4.78 is 0. The van der Waals surface area contributed by atoms with Crippen molar-refractivity contribution in [3.63, 3.8) is 0 Å². The maximum Gasteiger partial charge on any atom is 0.0346 e. The van der Waals surface area contributed by atoms with Crippen molar-refractivity contribution in [2.75, 3.05) is 12.3 Å². The van der Waals surface area contributed by atoms with Crippen molar-refractivity contribution in [1.82, 2.24) is 5.32 Å². The largest absolute Gasteiger partial charge is 0.399 e. The molecule has 0 aliphatic heterocycles. The van der Waals surface area contributed by atoms with Gasteiger partial charge in [0.15, 0.2) is 0 Å². The first-order chi connectivity index (χ1) is 6.75. The Kier molecular flexibility index (Phi) is 2.73. The first kappa shape index (κ1) is 9.53. The van der Waals surface area contributed by atoms with Crippen molar-refractivity contribution >= 4 is 5.69 Å². The van der Waals surface area contributed by atoms with Gasteiger partial charge in [-0.2, -0.15) is 0 Å². The molecule has 1 aromatic carbocycles. The third-order valence-corrected chi connectivity index (χ3v) is 2.80. The summed E-state index contributed by atoms with van der Waals surface area (Å²) >= 11 is 0. The highest BCUT2D eigenvalue weighted by atomic mass is 14.9. The number of nitrogen functional groups attached to an aromatic ring is 1. The first-order valence-corrected chi connectivity index (χ1v) is 5.31. The topological polar surface area (TPSA) is 38.0 Å². The Hall–Kier alpha value is -1.02. The minimum absolute atomic E-state index is 0.899. The molecule has 0 spiro atoms. The fourth-order valence-electron chi connectivity index (χ4n) is 1.54. The minimum atomic E-state index is 0.899. The van der Waals surface area contributed by atoms with Gasteiger partial charge in [-0.15, -0.1) is 0 Å². The van der Waals surface area contributed by atoms with Crippen LogP contribution in [-0.4, -0.2) is 6.54 Å². The molecule has 0 atom stereocenters. The molecule has 2 rings (SSSR count). The molecular weight excluding hydrogens is 172 g/mol. The summed E-state index contributed by atoms with van der Waals surface area (Å²) in [5.41, 5.74) is 9.18. The number of benzene rings is 1. The van der Waals surface area contributed by atoms with Crippen molar-refractivity contribution in [3.05, 3.63) is 29.3 Å². The fraction of sp³-hybridized carbons (Fsp3) is 0.500. The highest BCUT2D eigenvalue weighted by Crippen LogP contribution is 2.27. The zero-order chi connectivity index (χ0) is 9.97. The van der Waals surface area contributed by atoms with Gasteiger partial charge in [0.1, 0.15) is 0 Å². The third-order valence-electron chi connectivity index (χ3n) is 2.80. The fourth-order valence-corrected chi connectivity index (χ4v) is 1.54. The molecule has 1 saturated carbocycles. The molecule has 1 aliphatic rings. The van der Waals surface area contributed by atoms with Gasteiger partial charge in [0.25, 0.3) is 0 Å². The Bertz CT molecular complexity index is 316. The van der Waals surface area contributed by atoms with Crippen LogP contribution in [0.3, 0.4) is 0 Å². The molecule has 14 heavy (non-hydrogen) atoms. The van der Waals surface area contributed by atoms with Crippen LogP contribution in [0.1, 0.15) is 24.0 Å². The summed E-state index contributed by atoms with van der Waals surface area (Å²) in [5.74, 6) is 0.942. The van der Waals surface area contributed by atoms with E-state index in [9.17, 15) is 0 Å².